The fourth-order valence-electron chi connectivity index (χ4n) is 4.60. The van der Waals surface area contributed by atoms with Gasteiger partial charge in [-0.1, -0.05) is 29.8 Å². The summed E-state index contributed by atoms with van der Waals surface area (Å²) in [7, 11) is 3.01. The number of nitrogens with zero attached hydrogens (tertiary/aromatic N) is 4. The number of fused-ring (bicyclic) bond motifs is 1. The molecule has 1 aliphatic rings. The maximum absolute atomic E-state index is 13.8. The summed E-state index contributed by atoms with van der Waals surface area (Å²) in [6.45, 7) is 4.82. The van der Waals surface area contributed by atoms with Crippen molar-refractivity contribution in [2.24, 2.45) is 0 Å². The van der Waals surface area contributed by atoms with Crippen molar-refractivity contribution in [3.63, 3.8) is 0 Å². The van der Waals surface area contributed by atoms with Crippen molar-refractivity contribution in [2.45, 2.75) is 6.92 Å². The smallest absolute Gasteiger partial charge is 0.337 e. The molecule has 5 rings (SSSR count). The molecule has 0 bridgehead atoms. The van der Waals surface area contributed by atoms with Crippen LogP contribution in [0.4, 0.5) is 11.6 Å². The Labute approximate surface area is 209 Å². The molecular weight excluding hydrogens is 456 g/mol. The molecule has 8 nitrogen and oxygen atoms in total. The molecule has 0 radical (unpaired) electrons. The van der Waals surface area contributed by atoms with E-state index in [0.717, 1.165) is 35.8 Å². The Bertz CT molecular complexity index is 1470. The van der Waals surface area contributed by atoms with Crippen LogP contribution in [-0.4, -0.2) is 55.9 Å². The first-order valence-corrected chi connectivity index (χ1v) is 11.8. The van der Waals surface area contributed by atoms with E-state index in [4.69, 9.17) is 14.5 Å². The Morgan fingerprint density at radius 3 is 2.28 bits per heavy atom. The number of aryl methyl sites for hydroxylation is 1. The number of piperazine rings is 1. The highest BCUT2D eigenvalue weighted by Gasteiger charge is 2.25. The molecule has 1 fully saturated rings. The summed E-state index contributed by atoms with van der Waals surface area (Å²) >= 11 is 0. The van der Waals surface area contributed by atoms with Gasteiger partial charge in [0, 0.05) is 26.2 Å². The minimum Gasteiger partial charge on any atom is -0.495 e. The Morgan fingerprint density at radius 2 is 1.58 bits per heavy atom. The molecule has 8 heteroatoms. The average molecular weight is 485 g/mol. The summed E-state index contributed by atoms with van der Waals surface area (Å²) in [6.07, 6.45) is 0. The van der Waals surface area contributed by atoms with Crippen LogP contribution in [-0.2, 0) is 4.74 Å². The van der Waals surface area contributed by atoms with Crippen LogP contribution in [0.15, 0.2) is 71.5 Å². The zero-order chi connectivity index (χ0) is 25.2. The van der Waals surface area contributed by atoms with Crippen LogP contribution in [0.2, 0.25) is 0 Å². The second kappa shape index (κ2) is 9.73. The molecule has 3 aromatic carbocycles. The third kappa shape index (κ3) is 4.26. The highest BCUT2D eigenvalue weighted by molar-refractivity contribution is 5.94. The van der Waals surface area contributed by atoms with E-state index >= 15 is 0 Å². The number of ether oxygens (including phenoxy) is 2. The first-order valence-electron chi connectivity index (χ1n) is 11.8. The van der Waals surface area contributed by atoms with Gasteiger partial charge in [0.15, 0.2) is 0 Å². The molecule has 0 amide bonds. The first kappa shape index (κ1) is 23.4. The van der Waals surface area contributed by atoms with Crippen molar-refractivity contribution < 1.29 is 14.3 Å². The van der Waals surface area contributed by atoms with Crippen molar-refractivity contribution in [1.29, 1.82) is 0 Å². The zero-order valence-electron chi connectivity index (χ0n) is 20.6. The van der Waals surface area contributed by atoms with Gasteiger partial charge < -0.3 is 19.3 Å². The Balaban J connectivity index is 1.57. The lowest BCUT2D eigenvalue weighted by Crippen LogP contribution is -2.48. The Kier molecular flexibility index (Phi) is 6.33. The molecule has 0 spiro atoms. The van der Waals surface area contributed by atoms with E-state index in [0.29, 0.717) is 35.5 Å². The largest absolute Gasteiger partial charge is 0.495 e. The molecule has 1 aliphatic heterocycles. The second-order valence-corrected chi connectivity index (χ2v) is 8.76. The highest BCUT2D eigenvalue weighted by Crippen LogP contribution is 2.29. The number of aromatic nitrogens is 2. The Morgan fingerprint density at radius 1 is 0.889 bits per heavy atom. The van der Waals surface area contributed by atoms with Crippen molar-refractivity contribution in [3.8, 4) is 11.4 Å². The van der Waals surface area contributed by atoms with Crippen LogP contribution >= 0.6 is 0 Å². The van der Waals surface area contributed by atoms with Gasteiger partial charge in [0.1, 0.15) is 5.75 Å². The molecule has 0 aliphatic carbocycles. The number of anilines is 2. The fraction of sp³-hybridized carbons (Fsp3) is 0.250. The lowest BCUT2D eigenvalue weighted by Gasteiger charge is -2.37. The monoisotopic (exact) mass is 484 g/mol. The third-order valence-electron chi connectivity index (χ3n) is 6.55. The number of esters is 1. The van der Waals surface area contributed by atoms with Gasteiger partial charge in [-0.05, 0) is 49.4 Å². The van der Waals surface area contributed by atoms with Gasteiger partial charge in [-0.15, -0.1) is 0 Å². The van der Waals surface area contributed by atoms with E-state index in [-0.39, 0.29) is 5.56 Å². The number of hydrogen-bond acceptors (Lipinski definition) is 7. The van der Waals surface area contributed by atoms with Crippen LogP contribution in [0.3, 0.4) is 0 Å². The summed E-state index contributed by atoms with van der Waals surface area (Å²) in [6, 6.07) is 20.7. The second-order valence-electron chi connectivity index (χ2n) is 8.76. The molecule has 0 N–H and O–H groups in total. The van der Waals surface area contributed by atoms with Crippen LogP contribution in [0.1, 0.15) is 15.9 Å². The van der Waals surface area contributed by atoms with Gasteiger partial charge in [-0.3, -0.25) is 4.79 Å². The van der Waals surface area contributed by atoms with Crippen LogP contribution in [0.5, 0.6) is 5.75 Å². The van der Waals surface area contributed by atoms with E-state index in [1.165, 1.54) is 7.11 Å². The Hall–Kier alpha value is -4.33. The number of para-hydroxylation sites is 2. The lowest BCUT2D eigenvalue weighted by atomic mass is 10.1. The summed E-state index contributed by atoms with van der Waals surface area (Å²) in [4.78, 5) is 35.2. The van der Waals surface area contributed by atoms with Gasteiger partial charge in [-0.2, -0.15) is 0 Å². The van der Waals surface area contributed by atoms with E-state index in [1.54, 1.807) is 29.9 Å². The first-order chi connectivity index (χ1) is 17.5. The van der Waals surface area contributed by atoms with E-state index < -0.39 is 5.97 Å². The summed E-state index contributed by atoms with van der Waals surface area (Å²) in [5.74, 6) is 0.924. The van der Waals surface area contributed by atoms with E-state index in [9.17, 15) is 9.59 Å². The predicted octanol–water partition coefficient (Wildman–Crippen LogP) is 3.82. The number of hydrogen-bond donors (Lipinski definition) is 0. The van der Waals surface area contributed by atoms with Gasteiger partial charge in [-0.25, -0.2) is 14.3 Å². The van der Waals surface area contributed by atoms with Gasteiger partial charge in [0.05, 0.1) is 42.1 Å². The van der Waals surface area contributed by atoms with Crippen molar-refractivity contribution in [1.82, 2.24) is 9.55 Å². The fourth-order valence-corrected chi connectivity index (χ4v) is 4.60. The van der Waals surface area contributed by atoms with Crippen LogP contribution < -0.4 is 20.1 Å². The summed E-state index contributed by atoms with van der Waals surface area (Å²) < 4.78 is 12.1. The standard InChI is InChI=1S/C28H28N4O4/c1-19-8-11-21(12-9-19)32-26(33)22-13-10-20(27(34)36-3)18-23(22)29-28(32)31-16-14-30(15-17-31)24-6-4-5-7-25(24)35-2/h4-13,18H,14-17H2,1-3H3. The van der Waals surface area contributed by atoms with Crippen LogP contribution in [0.25, 0.3) is 16.6 Å². The van der Waals surface area contributed by atoms with Crippen LogP contribution in [0, 0.1) is 6.92 Å². The normalized spacial score (nSPS) is 13.6. The van der Waals surface area contributed by atoms with Crippen molar-refractivity contribution >= 4 is 28.5 Å². The van der Waals surface area contributed by atoms with Gasteiger partial charge in [0.25, 0.3) is 5.56 Å². The quantitative estimate of drug-likeness (QED) is 0.399. The summed E-state index contributed by atoms with van der Waals surface area (Å²) in [5, 5.41) is 0.444. The number of rotatable bonds is 5. The lowest BCUT2D eigenvalue weighted by molar-refractivity contribution is 0.0601. The number of benzene rings is 3. The highest BCUT2D eigenvalue weighted by atomic mass is 16.5. The molecule has 2 heterocycles. The van der Waals surface area contributed by atoms with Crippen molar-refractivity contribution in [2.75, 3.05) is 50.2 Å². The minimum absolute atomic E-state index is 0.178. The number of methoxy groups -OCH3 is 2. The van der Waals surface area contributed by atoms with Gasteiger partial charge >= 0.3 is 5.97 Å². The molecular formula is C28H28N4O4. The molecule has 184 valence electrons. The number of carbonyl (C=O) groups excluding carboxylic acids is 1. The number of carbonyl (C=O) groups is 1. The molecule has 36 heavy (non-hydrogen) atoms. The van der Waals surface area contributed by atoms with Gasteiger partial charge in [0.2, 0.25) is 5.95 Å². The maximum Gasteiger partial charge on any atom is 0.337 e. The predicted molar refractivity (Wildman–Crippen MR) is 141 cm³/mol. The third-order valence-corrected chi connectivity index (χ3v) is 6.55. The molecule has 0 atom stereocenters. The maximum atomic E-state index is 13.8. The molecule has 0 saturated carbocycles. The zero-order valence-corrected chi connectivity index (χ0v) is 20.6. The van der Waals surface area contributed by atoms with E-state index in [2.05, 4.69) is 15.9 Å². The topological polar surface area (TPSA) is 76.9 Å². The SMILES string of the molecule is COC(=O)c1ccc2c(=O)n(-c3ccc(C)cc3)c(N3CCN(c4ccccc4OC)CC3)nc2c1. The van der Waals surface area contributed by atoms with E-state index in [1.807, 2.05) is 49.4 Å². The molecule has 4 aromatic rings. The molecule has 1 aromatic heterocycles. The van der Waals surface area contributed by atoms with Crippen molar-refractivity contribution in [3.05, 3.63) is 88.2 Å². The minimum atomic E-state index is -0.464. The average Bonchev–Trinajstić information content (AvgIpc) is 2.93. The molecule has 0 unspecified atom stereocenters. The molecule has 1 saturated heterocycles. The summed E-state index contributed by atoms with van der Waals surface area (Å²) in [5.41, 5.74) is 3.55.